The maximum Gasteiger partial charge on any atom is 0.305 e. The highest BCUT2D eigenvalue weighted by molar-refractivity contribution is 7.99. The number of thiocarbonyl (C=S) groups is 1. The highest BCUT2D eigenvalue weighted by Gasteiger charge is 2.17. The van der Waals surface area contributed by atoms with Crippen LogP contribution in [0.1, 0.15) is 18.0 Å². The first-order valence-electron chi connectivity index (χ1n) is 8.84. The Hall–Kier alpha value is -2.32. The Balaban J connectivity index is 1.73. The van der Waals surface area contributed by atoms with Crippen molar-refractivity contribution in [1.82, 2.24) is 10.3 Å². The number of benzene rings is 2. The summed E-state index contributed by atoms with van der Waals surface area (Å²) in [6, 6.07) is 17.6. The minimum Gasteiger partial charge on any atom is -0.481 e. The Morgan fingerprint density at radius 1 is 1.07 bits per heavy atom. The summed E-state index contributed by atoms with van der Waals surface area (Å²) in [6.45, 7) is 0. The number of aliphatic carboxylic acids is 1. The molecule has 0 aliphatic rings. The van der Waals surface area contributed by atoms with Gasteiger partial charge in [0.05, 0.1) is 18.2 Å². The third-order valence-electron chi connectivity index (χ3n) is 4.00. The minimum atomic E-state index is -0.939. The fourth-order valence-electron chi connectivity index (χ4n) is 2.62. The summed E-state index contributed by atoms with van der Waals surface area (Å²) < 4.78 is 0. The van der Waals surface area contributed by atoms with E-state index < -0.39 is 12.0 Å². The molecule has 5 nitrogen and oxygen atoms in total. The van der Waals surface area contributed by atoms with Crippen LogP contribution in [0, 0.1) is 0 Å². The van der Waals surface area contributed by atoms with Gasteiger partial charge in [0, 0.05) is 21.1 Å². The monoisotopic (exact) mass is 477 g/mol. The van der Waals surface area contributed by atoms with Crippen LogP contribution in [0.3, 0.4) is 0 Å². The summed E-state index contributed by atoms with van der Waals surface area (Å²) in [6.07, 6.45) is 1.56. The van der Waals surface area contributed by atoms with Crippen LogP contribution in [-0.4, -0.2) is 21.2 Å². The van der Waals surface area contributed by atoms with Gasteiger partial charge >= 0.3 is 5.97 Å². The number of carboxylic acid groups (broad SMARTS) is 1. The number of rotatable bonds is 7. The lowest BCUT2D eigenvalue weighted by molar-refractivity contribution is -0.137. The van der Waals surface area contributed by atoms with Crippen LogP contribution in [0.25, 0.3) is 0 Å². The van der Waals surface area contributed by atoms with Crippen LogP contribution in [0.4, 0.5) is 5.69 Å². The molecule has 0 radical (unpaired) electrons. The van der Waals surface area contributed by atoms with E-state index in [2.05, 4.69) is 15.6 Å². The Morgan fingerprint density at radius 2 is 1.70 bits per heavy atom. The van der Waals surface area contributed by atoms with Gasteiger partial charge in [-0.2, -0.15) is 0 Å². The van der Waals surface area contributed by atoms with Gasteiger partial charge in [0.1, 0.15) is 5.03 Å². The van der Waals surface area contributed by atoms with E-state index in [0.29, 0.717) is 20.8 Å². The second-order valence-electron chi connectivity index (χ2n) is 6.21. The van der Waals surface area contributed by atoms with E-state index >= 15 is 0 Å². The molecule has 2 aromatic carbocycles. The van der Waals surface area contributed by atoms with Gasteiger partial charge in [-0.25, -0.2) is 4.98 Å². The normalized spacial score (nSPS) is 11.5. The van der Waals surface area contributed by atoms with Gasteiger partial charge in [0.15, 0.2) is 5.11 Å². The lowest BCUT2D eigenvalue weighted by Crippen LogP contribution is -2.33. The molecule has 154 valence electrons. The molecule has 0 unspecified atom stereocenters. The maximum atomic E-state index is 11.3. The molecule has 0 fully saturated rings. The zero-order chi connectivity index (χ0) is 21.5. The molecule has 1 heterocycles. The van der Waals surface area contributed by atoms with Crippen LogP contribution >= 0.6 is 47.2 Å². The molecule has 3 N–H and O–H groups in total. The van der Waals surface area contributed by atoms with E-state index in [4.69, 9.17) is 35.4 Å². The van der Waals surface area contributed by atoms with Crippen LogP contribution in [0.15, 0.2) is 76.8 Å². The molecule has 1 atom stereocenters. The van der Waals surface area contributed by atoms with Gasteiger partial charge in [-0.3, -0.25) is 4.79 Å². The first kappa shape index (κ1) is 22.4. The predicted molar refractivity (Wildman–Crippen MR) is 126 cm³/mol. The smallest absolute Gasteiger partial charge is 0.305 e. The van der Waals surface area contributed by atoms with Crippen molar-refractivity contribution in [1.29, 1.82) is 0 Å². The molecule has 0 saturated carbocycles. The van der Waals surface area contributed by atoms with Crippen LogP contribution in [-0.2, 0) is 4.79 Å². The van der Waals surface area contributed by atoms with E-state index in [1.165, 1.54) is 11.8 Å². The topological polar surface area (TPSA) is 74.2 Å². The quantitative estimate of drug-likeness (QED) is 0.358. The van der Waals surface area contributed by atoms with Crippen molar-refractivity contribution in [2.45, 2.75) is 22.4 Å². The van der Waals surface area contributed by atoms with Crippen molar-refractivity contribution in [3.63, 3.8) is 0 Å². The molecule has 0 bridgehead atoms. The molecule has 3 aromatic rings. The Kier molecular flexibility index (Phi) is 7.93. The number of halogens is 2. The van der Waals surface area contributed by atoms with E-state index in [-0.39, 0.29) is 6.42 Å². The van der Waals surface area contributed by atoms with Gasteiger partial charge < -0.3 is 15.7 Å². The molecule has 0 aliphatic carbocycles. The number of nitrogens with one attached hydrogen (secondary N) is 2. The minimum absolute atomic E-state index is 0.136. The van der Waals surface area contributed by atoms with Crippen molar-refractivity contribution in [2.24, 2.45) is 0 Å². The van der Waals surface area contributed by atoms with Crippen molar-refractivity contribution in [3.05, 3.63) is 82.5 Å². The summed E-state index contributed by atoms with van der Waals surface area (Å²) in [4.78, 5) is 16.7. The third-order valence-corrected chi connectivity index (χ3v) is 5.75. The first-order valence-corrected chi connectivity index (χ1v) is 10.8. The number of aromatic nitrogens is 1. The number of carboxylic acids is 1. The van der Waals surface area contributed by atoms with Crippen LogP contribution in [0.2, 0.25) is 10.0 Å². The Bertz CT molecular complexity index is 1030. The molecular formula is C21H17Cl2N3O2S2. The van der Waals surface area contributed by atoms with E-state index in [9.17, 15) is 9.90 Å². The number of anilines is 1. The molecule has 30 heavy (non-hydrogen) atoms. The molecule has 1 aromatic heterocycles. The van der Waals surface area contributed by atoms with E-state index in [1.807, 2.05) is 30.3 Å². The average Bonchev–Trinajstić information content (AvgIpc) is 2.71. The van der Waals surface area contributed by atoms with Crippen molar-refractivity contribution < 1.29 is 9.90 Å². The summed E-state index contributed by atoms with van der Waals surface area (Å²) >= 11 is 18.8. The standard InChI is InChI=1S/C21H17Cl2N3O2S2/c22-14-5-3-13(4-6-14)18(12-19(27)28)26-21(29)25-17-2-1-11-24-20(17)30-16-9-7-15(23)8-10-16/h1-11,18H,12H2,(H,27,28)(H2,25,26,29)/t18-/m0/s1. The van der Waals surface area contributed by atoms with Gasteiger partial charge in [-0.05, 0) is 66.3 Å². The molecule has 0 saturated heterocycles. The second-order valence-corrected chi connectivity index (χ2v) is 8.56. The number of nitrogens with zero attached hydrogens (tertiary/aromatic N) is 1. The van der Waals surface area contributed by atoms with Gasteiger partial charge in [0.2, 0.25) is 0 Å². The van der Waals surface area contributed by atoms with Gasteiger partial charge in [-0.1, -0.05) is 47.1 Å². The fraction of sp³-hybridized carbons (Fsp3) is 0.0952. The summed E-state index contributed by atoms with van der Waals surface area (Å²) in [5.41, 5.74) is 1.48. The Morgan fingerprint density at radius 3 is 2.33 bits per heavy atom. The lowest BCUT2D eigenvalue weighted by Gasteiger charge is -2.20. The zero-order valence-corrected chi connectivity index (χ0v) is 18.7. The van der Waals surface area contributed by atoms with Crippen LogP contribution in [0.5, 0.6) is 0 Å². The van der Waals surface area contributed by atoms with E-state index in [0.717, 1.165) is 15.5 Å². The fourth-order valence-corrected chi connectivity index (χ4v) is 3.96. The second kappa shape index (κ2) is 10.6. The maximum absolute atomic E-state index is 11.3. The highest BCUT2D eigenvalue weighted by Crippen LogP contribution is 2.32. The van der Waals surface area contributed by atoms with E-state index in [1.54, 1.807) is 36.5 Å². The van der Waals surface area contributed by atoms with Crippen LogP contribution < -0.4 is 10.6 Å². The lowest BCUT2D eigenvalue weighted by atomic mass is 10.0. The van der Waals surface area contributed by atoms with Crippen molar-refractivity contribution >= 4 is 64.0 Å². The van der Waals surface area contributed by atoms with Crippen molar-refractivity contribution in [3.8, 4) is 0 Å². The summed E-state index contributed by atoms with van der Waals surface area (Å²) in [5, 5.41) is 17.7. The predicted octanol–water partition coefficient (Wildman–Crippen LogP) is 6.04. The average molecular weight is 478 g/mol. The number of hydrogen-bond acceptors (Lipinski definition) is 4. The molecule has 0 amide bonds. The molecule has 9 heteroatoms. The number of carbonyl (C=O) groups is 1. The Labute approximate surface area is 193 Å². The number of pyridine rings is 1. The van der Waals surface area contributed by atoms with Crippen molar-refractivity contribution in [2.75, 3.05) is 5.32 Å². The molecule has 3 rings (SSSR count). The summed E-state index contributed by atoms with van der Waals surface area (Å²) in [5.74, 6) is -0.939. The first-order chi connectivity index (χ1) is 14.4. The number of hydrogen-bond donors (Lipinski definition) is 3. The largest absolute Gasteiger partial charge is 0.481 e. The summed E-state index contributed by atoms with van der Waals surface area (Å²) in [7, 11) is 0. The SMILES string of the molecule is O=C(O)C[C@H](NC(=S)Nc1cccnc1Sc1ccc(Cl)cc1)c1ccc(Cl)cc1. The molecular weight excluding hydrogens is 461 g/mol. The van der Waals surface area contributed by atoms with Gasteiger partial charge in [0.25, 0.3) is 0 Å². The molecule has 0 spiro atoms. The van der Waals surface area contributed by atoms with Gasteiger partial charge in [-0.15, -0.1) is 0 Å². The highest BCUT2D eigenvalue weighted by atomic mass is 35.5. The zero-order valence-electron chi connectivity index (χ0n) is 15.5. The molecule has 0 aliphatic heterocycles. The third kappa shape index (κ3) is 6.60.